The summed E-state index contributed by atoms with van der Waals surface area (Å²) >= 11 is 33.9. The van der Waals surface area contributed by atoms with Gasteiger partial charge in [-0.1, -0.05) is 58.5 Å². The third-order valence-electron chi connectivity index (χ3n) is 7.10. The van der Waals surface area contributed by atoms with Gasteiger partial charge in [0.1, 0.15) is 10.3 Å². The number of nitrogens with one attached hydrogen (secondary N) is 1. The van der Waals surface area contributed by atoms with Crippen LogP contribution in [0.5, 0.6) is 0 Å². The van der Waals surface area contributed by atoms with Crippen molar-refractivity contribution in [2.75, 3.05) is 0 Å². The van der Waals surface area contributed by atoms with Crippen molar-refractivity contribution in [3.05, 3.63) is 136 Å². The van der Waals surface area contributed by atoms with E-state index in [0.717, 1.165) is 59.3 Å². The first kappa shape index (κ1) is 34.4. The molecule has 0 fully saturated rings. The molecule has 2 aromatic carbocycles. The predicted molar refractivity (Wildman–Crippen MR) is 213 cm³/mol. The highest BCUT2D eigenvalue weighted by atomic mass is 127. The van der Waals surface area contributed by atoms with Crippen LogP contribution in [0, 0.1) is 7.14 Å². The summed E-state index contributed by atoms with van der Waals surface area (Å²) < 4.78 is 4.51. The molecule has 6 heterocycles. The van der Waals surface area contributed by atoms with Crippen LogP contribution in [0.25, 0.3) is 43.6 Å². The number of hydrogen-bond acceptors (Lipinski definition) is 4. The number of alkyl halides is 1. The number of aromatic nitrogens is 6. The smallest absolute Gasteiger partial charge is 0.129 e. The molecule has 0 radical (unpaired) electrons. The van der Waals surface area contributed by atoms with Gasteiger partial charge in [-0.2, -0.15) is 0 Å². The van der Waals surface area contributed by atoms with Gasteiger partial charge in [0, 0.05) is 65.9 Å². The summed E-state index contributed by atoms with van der Waals surface area (Å²) in [6.07, 6.45) is 10.9. The van der Waals surface area contributed by atoms with E-state index in [4.69, 9.17) is 58.0 Å². The largest absolute Gasteiger partial charge is 0.359 e. The predicted octanol–water partition coefficient (Wildman–Crippen LogP) is 12.0. The fourth-order valence-electron chi connectivity index (χ4n) is 4.90. The van der Waals surface area contributed by atoms with Crippen LogP contribution in [0.4, 0.5) is 0 Å². The zero-order valence-corrected chi connectivity index (χ0v) is 32.1. The van der Waals surface area contributed by atoms with Gasteiger partial charge in [0.2, 0.25) is 0 Å². The average molecular weight is 945 g/mol. The van der Waals surface area contributed by atoms with E-state index in [1.165, 1.54) is 9.13 Å². The Morgan fingerprint density at radius 2 is 1.23 bits per heavy atom. The Hall–Kier alpha value is -2.45. The highest BCUT2D eigenvalue weighted by Crippen LogP contribution is 2.27. The molecule has 0 aliphatic carbocycles. The Bertz CT molecular complexity index is 2380. The van der Waals surface area contributed by atoms with Gasteiger partial charge in [0.05, 0.1) is 44.5 Å². The number of halogens is 7. The van der Waals surface area contributed by atoms with Gasteiger partial charge in [-0.15, -0.1) is 11.6 Å². The molecule has 8 aromatic rings. The van der Waals surface area contributed by atoms with Crippen molar-refractivity contribution < 1.29 is 0 Å². The van der Waals surface area contributed by atoms with Gasteiger partial charge in [-0.3, -0.25) is 9.97 Å². The van der Waals surface area contributed by atoms with Crippen LogP contribution in [0.3, 0.4) is 0 Å². The maximum absolute atomic E-state index is 6.04. The maximum atomic E-state index is 6.04. The van der Waals surface area contributed by atoms with E-state index in [1.807, 2.05) is 60.9 Å². The molecule has 0 aliphatic rings. The van der Waals surface area contributed by atoms with Crippen molar-refractivity contribution in [3.63, 3.8) is 0 Å². The van der Waals surface area contributed by atoms with E-state index in [2.05, 4.69) is 93.0 Å². The van der Waals surface area contributed by atoms with Crippen molar-refractivity contribution >= 4 is 147 Å². The molecule has 0 saturated carbocycles. The quantitative estimate of drug-likeness (QED) is 0.109. The van der Waals surface area contributed by atoms with Crippen molar-refractivity contribution in [1.29, 1.82) is 0 Å². The second-order valence-electron chi connectivity index (χ2n) is 10.3. The van der Waals surface area contributed by atoms with Gasteiger partial charge >= 0.3 is 0 Å². The third-order valence-corrected chi connectivity index (χ3v) is 9.99. The molecule has 6 aromatic heterocycles. The highest BCUT2D eigenvalue weighted by molar-refractivity contribution is 14.1. The van der Waals surface area contributed by atoms with E-state index in [9.17, 15) is 0 Å². The Balaban J connectivity index is 0.000000136. The monoisotopic (exact) mass is 942 g/mol. The number of hydrogen-bond donors (Lipinski definition) is 1. The minimum absolute atomic E-state index is 0.514. The number of nitrogens with zero attached hydrogens (tertiary/aromatic N) is 5. The summed E-state index contributed by atoms with van der Waals surface area (Å²) in [7, 11) is 0. The first-order valence-corrected chi connectivity index (χ1v) is 18.1. The molecule has 8 rings (SSSR count). The van der Waals surface area contributed by atoms with Crippen LogP contribution in [0.2, 0.25) is 20.4 Å². The Morgan fingerprint density at radius 3 is 1.89 bits per heavy atom. The van der Waals surface area contributed by atoms with Crippen molar-refractivity contribution in [1.82, 2.24) is 29.5 Å². The number of rotatable bonds is 3. The van der Waals surface area contributed by atoms with Crippen LogP contribution in [-0.4, -0.2) is 29.5 Å². The normalized spacial score (nSPS) is 11.0. The van der Waals surface area contributed by atoms with Gasteiger partial charge in [0.15, 0.2) is 0 Å². The fraction of sp³-hybridized carbons (Fsp3) is 0.0588. The zero-order chi connectivity index (χ0) is 33.1. The van der Waals surface area contributed by atoms with Gasteiger partial charge in [-0.05, 0) is 105 Å². The first-order valence-electron chi connectivity index (χ1n) is 13.9. The minimum Gasteiger partial charge on any atom is -0.359 e. The molecule has 0 atom stereocenters. The molecule has 0 unspecified atom stereocenters. The van der Waals surface area contributed by atoms with E-state index < -0.39 is 0 Å². The molecule has 6 nitrogen and oxygen atoms in total. The zero-order valence-electron chi connectivity index (χ0n) is 24.0. The number of aromatic amines is 1. The third kappa shape index (κ3) is 8.41. The number of fused-ring (bicyclic) bond motifs is 4. The fourth-order valence-corrected chi connectivity index (χ4v) is 7.08. The van der Waals surface area contributed by atoms with Crippen LogP contribution in [-0.2, 0) is 12.4 Å². The molecule has 0 amide bonds. The summed E-state index contributed by atoms with van der Waals surface area (Å²) in [5.74, 6) is 0.516. The molecular formula is C34H21Cl5I2N6. The summed E-state index contributed by atoms with van der Waals surface area (Å²) in [5, 5.41) is 6.68. The minimum atomic E-state index is 0.514. The Labute approximate surface area is 322 Å². The van der Waals surface area contributed by atoms with Crippen LogP contribution < -0.4 is 0 Å². The molecule has 236 valence electrons. The molecule has 0 bridgehead atoms. The summed E-state index contributed by atoms with van der Waals surface area (Å²) in [6.45, 7) is 0.755. The second-order valence-corrected chi connectivity index (χ2v) is 14.6. The lowest BCUT2D eigenvalue weighted by Crippen LogP contribution is -1.98. The molecule has 0 saturated heterocycles. The number of benzene rings is 2. The van der Waals surface area contributed by atoms with Gasteiger partial charge in [-0.25, -0.2) is 9.97 Å². The molecule has 0 spiro atoms. The average Bonchev–Trinajstić information content (AvgIpc) is 3.58. The van der Waals surface area contributed by atoms with Crippen LogP contribution in [0.15, 0.2) is 97.8 Å². The van der Waals surface area contributed by atoms with E-state index in [1.54, 1.807) is 18.6 Å². The Morgan fingerprint density at radius 1 is 0.638 bits per heavy atom. The lowest BCUT2D eigenvalue weighted by atomic mass is 10.1. The second kappa shape index (κ2) is 15.4. The summed E-state index contributed by atoms with van der Waals surface area (Å²) in [5.41, 5.74) is 6.25. The van der Waals surface area contributed by atoms with E-state index in [0.29, 0.717) is 26.2 Å². The SMILES string of the molecule is ClCc1ccc2ncc(Cl)cc2c1.Clc1cc2c(I)c[nH]c2cn1.Clc1cnc2ccc(Cn3cc(I)c4cc(Cl)ncc43)cc2c1. The van der Waals surface area contributed by atoms with Gasteiger partial charge in [0.25, 0.3) is 0 Å². The number of H-pyrrole nitrogens is 1. The van der Waals surface area contributed by atoms with E-state index in [-0.39, 0.29) is 0 Å². The molecule has 0 aliphatic heterocycles. The van der Waals surface area contributed by atoms with Crippen molar-refractivity contribution in [3.8, 4) is 0 Å². The topological polar surface area (TPSA) is 72.3 Å². The van der Waals surface area contributed by atoms with Gasteiger partial charge < -0.3 is 9.55 Å². The molecule has 13 heteroatoms. The standard InChI is InChI=1S/C17H10Cl2IN3.C10H7Cl2N.C7H4ClIN2/c18-12-4-11-3-10(1-2-15(11)21-6-12)8-23-9-14(20)13-5-17(19)22-7-16(13)23;11-5-7-1-2-10-8(3-7)4-9(12)6-13-10;8-7-1-4-5(9)2-10-6(4)3-11-7/h1-7,9H,8H2;1-4,6H,5H2;1-3,10H. The molecule has 1 N–H and O–H groups in total. The molecular weight excluding hydrogens is 923 g/mol. The Kier molecular flexibility index (Phi) is 11.3. The van der Waals surface area contributed by atoms with E-state index >= 15 is 0 Å². The summed E-state index contributed by atoms with van der Waals surface area (Å²) in [4.78, 5) is 19.7. The first-order chi connectivity index (χ1) is 22.7. The van der Waals surface area contributed by atoms with Crippen LogP contribution in [0.1, 0.15) is 11.1 Å². The number of pyridine rings is 4. The lowest BCUT2D eigenvalue weighted by Gasteiger charge is -2.07. The van der Waals surface area contributed by atoms with Crippen molar-refractivity contribution in [2.24, 2.45) is 0 Å². The summed E-state index contributed by atoms with van der Waals surface area (Å²) in [6, 6.07) is 19.7. The van der Waals surface area contributed by atoms with Crippen LogP contribution >= 0.6 is 103 Å². The highest BCUT2D eigenvalue weighted by Gasteiger charge is 2.09. The lowest BCUT2D eigenvalue weighted by molar-refractivity contribution is 0.834. The van der Waals surface area contributed by atoms with Crippen molar-refractivity contribution in [2.45, 2.75) is 12.4 Å². The maximum Gasteiger partial charge on any atom is 0.129 e. The molecule has 47 heavy (non-hydrogen) atoms.